The molecule has 0 aliphatic carbocycles. The number of nitrogens with zero attached hydrogens (tertiary/aromatic N) is 3. The number of hydrogen-bond acceptors (Lipinski definition) is 4. The van der Waals surface area contributed by atoms with E-state index in [9.17, 15) is 10.1 Å². The second kappa shape index (κ2) is 7.36. The van der Waals surface area contributed by atoms with E-state index in [1.54, 1.807) is 18.3 Å². The molecule has 0 radical (unpaired) electrons. The molecular formula is C17H19N3O2. The van der Waals surface area contributed by atoms with Crippen LogP contribution in [-0.4, -0.2) is 24.2 Å². The molecule has 0 heterocycles. The van der Waals surface area contributed by atoms with Crippen molar-refractivity contribution in [3.8, 4) is 0 Å². The van der Waals surface area contributed by atoms with E-state index in [0.717, 1.165) is 18.7 Å². The summed E-state index contributed by atoms with van der Waals surface area (Å²) >= 11 is 0. The molecule has 0 bridgehead atoms. The Bertz CT molecular complexity index is 645. The van der Waals surface area contributed by atoms with Gasteiger partial charge in [0.2, 0.25) is 0 Å². The second-order valence-corrected chi connectivity index (χ2v) is 4.80. The fourth-order valence-corrected chi connectivity index (χ4v) is 2.17. The van der Waals surface area contributed by atoms with E-state index < -0.39 is 4.92 Å². The zero-order valence-corrected chi connectivity index (χ0v) is 12.8. The van der Waals surface area contributed by atoms with Gasteiger partial charge >= 0.3 is 0 Å². The molecule has 0 atom stereocenters. The lowest BCUT2D eigenvalue weighted by molar-refractivity contribution is -0.384. The van der Waals surface area contributed by atoms with Gasteiger partial charge in [-0.3, -0.25) is 15.1 Å². The lowest BCUT2D eigenvalue weighted by atomic mass is 10.2. The highest BCUT2D eigenvalue weighted by Gasteiger charge is 2.03. The number of anilines is 1. The van der Waals surface area contributed by atoms with Crippen LogP contribution in [0.2, 0.25) is 0 Å². The molecule has 2 rings (SSSR count). The lowest BCUT2D eigenvalue weighted by Gasteiger charge is -2.20. The number of benzene rings is 2. The number of aliphatic imine (C=N–C) groups is 1. The van der Waals surface area contributed by atoms with Crippen LogP contribution in [0.4, 0.5) is 17.1 Å². The molecule has 0 aliphatic heterocycles. The highest BCUT2D eigenvalue weighted by molar-refractivity contribution is 5.82. The number of nitro groups is 1. The van der Waals surface area contributed by atoms with Crippen LogP contribution in [0.25, 0.3) is 0 Å². The lowest BCUT2D eigenvalue weighted by Crippen LogP contribution is -2.21. The third kappa shape index (κ3) is 3.91. The molecule has 0 aromatic heterocycles. The Morgan fingerprint density at radius 3 is 2.14 bits per heavy atom. The molecule has 0 saturated carbocycles. The van der Waals surface area contributed by atoms with Crippen LogP contribution < -0.4 is 4.90 Å². The molecule has 0 spiro atoms. The van der Waals surface area contributed by atoms with E-state index in [1.807, 2.05) is 12.1 Å². The average molecular weight is 297 g/mol. The minimum absolute atomic E-state index is 0.0718. The Morgan fingerprint density at radius 1 is 1.05 bits per heavy atom. The maximum atomic E-state index is 10.6. The first kappa shape index (κ1) is 15.7. The minimum atomic E-state index is -0.417. The van der Waals surface area contributed by atoms with Gasteiger partial charge in [0.05, 0.1) is 10.6 Å². The van der Waals surface area contributed by atoms with Crippen molar-refractivity contribution in [3.63, 3.8) is 0 Å². The largest absolute Gasteiger partial charge is 0.372 e. The van der Waals surface area contributed by atoms with Gasteiger partial charge in [0.25, 0.3) is 5.69 Å². The summed E-state index contributed by atoms with van der Waals surface area (Å²) in [4.78, 5) is 16.8. The summed E-state index contributed by atoms with van der Waals surface area (Å²) in [6.07, 6.45) is 1.76. The summed E-state index contributed by atoms with van der Waals surface area (Å²) in [7, 11) is 0. The Labute approximate surface area is 130 Å². The van der Waals surface area contributed by atoms with E-state index in [2.05, 4.69) is 35.9 Å². The van der Waals surface area contributed by atoms with E-state index in [0.29, 0.717) is 5.69 Å². The highest BCUT2D eigenvalue weighted by atomic mass is 16.6. The number of hydrogen-bond donors (Lipinski definition) is 0. The monoisotopic (exact) mass is 297 g/mol. The average Bonchev–Trinajstić information content (AvgIpc) is 2.55. The summed E-state index contributed by atoms with van der Waals surface area (Å²) in [6.45, 7) is 6.22. The molecule has 0 unspecified atom stereocenters. The maximum absolute atomic E-state index is 10.6. The number of rotatable bonds is 6. The summed E-state index contributed by atoms with van der Waals surface area (Å²) in [5, 5.41) is 10.6. The van der Waals surface area contributed by atoms with Crippen molar-refractivity contribution in [2.75, 3.05) is 18.0 Å². The maximum Gasteiger partial charge on any atom is 0.269 e. The summed E-state index contributed by atoms with van der Waals surface area (Å²) < 4.78 is 0. The Morgan fingerprint density at radius 2 is 1.64 bits per heavy atom. The zero-order valence-electron chi connectivity index (χ0n) is 12.8. The fraction of sp³-hybridized carbons (Fsp3) is 0.235. The van der Waals surface area contributed by atoms with Crippen LogP contribution >= 0.6 is 0 Å². The van der Waals surface area contributed by atoms with Crippen molar-refractivity contribution < 1.29 is 4.92 Å². The molecule has 2 aromatic rings. The van der Waals surface area contributed by atoms with Gasteiger partial charge < -0.3 is 4.90 Å². The molecule has 0 N–H and O–H groups in total. The van der Waals surface area contributed by atoms with Crippen molar-refractivity contribution in [1.82, 2.24) is 0 Å². The smallest absolute Gasteiger partial charge is 0.269 e. The van der Waals surface area contributed by atoms with Gasteiger partial charge in [-0.15, -0.1) is 0 Å². The zero-order chi connectivity index (χ0) is 15.9. The van der Waals surface area contributed by atoms with Gasteiger partial charge in [0.15, 0.2) is 0 Å². The molecule has 0 fully saturated rings. The Balaban J connectivity index is 2.08. The topological polar surface area (TPSA) is 58.7 Å². The van der Waals surface area contributed by atoms with Crippen LogP contribution in [0, 0.1) is 10.1 Å². The summed E-state index contributed by atoms with van der Waals surface area (Å²) in [5.74, 6) is 0. The molecule has 0 saturated heterocycles. The van der Waals surface area contributed by atoms with Crippen molar-refractivity contribution in [2.45, 2.75) is 13.8 Å². The van der Waals surface area contributed by atoms with Crippen LogP contribution in [-0.2, 0) is 0 Å². The third-order valence-electron chi connectivity index (χ3n) is 3.44. The van der Waals surface area contributed by atoms with Gasteiger partial charge in [0, 0.05) is 37.1 Å². The molecule has 0 aliphatic rings. The normalized spacial score (nSPS) is 10.8. The van der Waals surface area contributed by atoms with Crippen LogP contribution in [0.3, 0.4) is 0 Å². The van der Waals surface area contributed by atoms with Crippen molar-refractivity contribution in [2.24, 2.45) is 4.99 Å². The molecule has 5 nitrogen and oxygen atoms in total. The first-order valence-electron chi connectivity index (χ1n) is 7.27. The number of nitro benzene ring substituents is 1. The quantitative estimate of drug-likeness (QED) is 0.456. The SMILES string of the molecule is CCN(CC)c1ccc(C=Nc2ccc([N+](=O)[O-])cc2)cc1. The van der Waals surface area contributed by atoms with E-state index in [4.69, 9.17) is 0 Å². The molecular weight excluding hydrogens is 278 g/mol. The van der Waals surface area contributed by atoms with Gasteiger partial charge in [-0.2, -0.15) is 0 Å². The molecule has 2 aromatic carbocycles. The van der Waals surface area contributed by atoms with Gasteiger partial charge in [-0.1, -0.05) is 12.1 Å². The number of non-ortho nitro benzene ring substituents is 1. The first-order valence-corrected chi connectivity index (χ1v) is 7.27. The predicted molar refractivity (Wildman–Crippen MR) is 90.4 cm³/mol. The second-order valence-electron chi connectivity index (χ2n) is 4.80. The molecule has 114 valence electrons. The Kier molecular flexibility index (Phi) is 5.25. The van der Waals surface area contributed by atoms with E-state index >= 15 is 0 Å². The summed E-state index contributed by atoms with van der Waals surface area (Å²) in [5.41, 5.74) is 2.95. The van der Waals surface area contributed by atoms with Gasteiger partial charge in [-0.25, -0.2) is 0 Å². The first-order chi connectivity index (χ1) is 10.6. The van der Waals surface area contributed by atoms with Crippen molar-refractivity contribution in [1.29, 1.82) is 0 Å². The van der Waals surface area contributed by atoms with E-state index in [-0.39, 0.29) is 5.69 Å². The van der Waals surface area contributed by atoms with Crippen LogP contribution in [0.15, 0.2) is 53.5 Å². The molecule has 0 amide bonds. The van der Waals surface area contributed by atoms with Crippen LogP contribution in [0.1, 0.15) is 19.4 Å². The van der Waals surface area contributed by atoms with Crippen molar-refractivity contribution in [3.05, 3.63) is 64.2 Å². The van der Waals surface area contributed by atoms with E-state index in [1.165, 1.54) is 17.8 Å². The summed E-state index contributed by atoms with van der Waals surface area (Å²) in [6, 6.07) is 14.4. The third-order valence-corrected chi connectivity index (χ3v) is 3.44. The minimum Gasteiger partial charge on any atom is -0.372 e. The molecule has 5 heteroatoms. The van der Waals surface area contributed by atoms with Gasteiger partial charge in [0.1, 0.15) is 0 Å². The van der Waals surface area contributed by atoms with Crippen molar-refractivity contribution >= 4 is 23.3 Å². The fourth-order valence-electron chi connectivity index (χ4n) is 2.17. The van der Waals surface area contributed by atoms with Crippen LogP contribution in [0.5, 0.6) is 0 Å². The standard InChI is InChI=1S/C17H19N3O2/c1-3-19(4-2)16-9-5-14(6-10-16)13-18-15-7-11-17(12-8-15)20(21)22/h5-13H,3-4H2,1-2H3. The molecule has 22 heavy (non-hydrogen) atoms. The Hall–Kier alpha value is -2.69. The van der Waals surface area contributed by atoms with Gasteiger partial charge in [-0.05, 0) is 43.7 Å². The highest BCUT2D eigenvalue weighted by Crippen LogP contribution is 2.18. The predicted octanol–water partition coefficient (Wildman–Crippen LogP) is 4.19.